The van der Waals surface area contributed by atoms with E-state index in [4.69, 9.17) is 0 Å². The summed E-state index contributed by atoms with van der Waals surface area (Å²) < 4.78 is 1.88. The molecule has 0 bridgehead atoms. The van der Waals surface area contributed by atoms with Crippen LogP contribution >= 0.6 is 11.8 Å². The number of nitrogens with zero attached hydrogens (tertiary/aromatic N) is 3. The fraction of sp³-hybridized carbons (Fsp3) is 0.400. The molecule has 142 valence electrons. The van der Waals surface area contributed by atoms with Gasteiger partial charge in [0.2, 0.25) is 0 Å². The molecule has 0 saturated carbocycles. The first-order valence-corrected chi connectivity index (χ1v) is 10.6. The van der Waals surface area contributed by atoms with Crippen LogP contribution in [0.15, 0.2) is 42.9 Å². The van der Waals surface area contributed by atoms with E-state index in [0.29, 0.717) is 6.54 Å². The second kappa shape index (κ2) is 8.63. The molecule has 1 amide bonds. The van der Waals surface area contributed by atoms with Gasteiger partial charge in [0.05, 0.1) is 0 Å². The molecule has 1 aromatic carbocycles. The molecule has 3 heterocycles. The topological polar surface area (TPSA) is 66.0 Å². The van der Waals surface area contributed by atoms with Gasteiger partial charge in [-0.3, -0.25) is 14.4 Å². The van der Waals surface area contributed by atoms with Gasteiger partial charge in [-0.25, -0.2) is 0 Å². The fourth-order valence-corrected chi connectivity index (χ4v) is 4.52. The Morgan fingerprint density at radius 3 is 2.96 bits per heavy atom. The van der Waals surface area contributed by atoms with Gasteiger partial charge in [-0.2, -0.15) is 16.9 Å². The van der Waals surface area contributed by atoms with Gasteiger partial charge in [-0.05, 0) is 30.2 Å². The van der Waals surface area contributed by atoms with E-state index < -0.39 is 0 Å². The third-order valence-corrected chi connectivity index (χ3v) is 5.88. The first-order chi connectivity index (χ1) is 13.3. The zero-order chi connectivity index (χ0) is 18.5. The maximum Gasteiger partial charge on any atom is 0.251 e. The molecule has 0 aliphatic carbocycles. The monoisotopic (exact) mass is 383 g/mol. The first kappa shape index (κ1) is 18.1. The lowest BCUT2D eigenvalue weighted by molar-refractivity contribution is 0.0954. The molecule has 0 atom stereocenters. The van der Waals surface area contributed by atoms with Crippen LogP contribution in [0.3, 0.4) is 0 Å². The zero-order valence-corrected chi connectivity index (χ0v) is 16.2. The van der Waals surface area contributed by atoms with Crippen LogP contribution in [0.1, 0.15) is 22.3 Å². The summed E-state index contributed by atoms with van der Waals surface area (Å²) in [4.78, 5) is 18.6. The number of hydrogen-bond donors (Lipinski definition) is 2. The van der Waals surface area contributed by atoms with Crippen LogP contribution in [0.4, 0.5) is 0 Å². The molecular formula is C20H25N5OS. The standard InChI is InChI=1S/C20H25N5OS/c26-20(21-6-2-8-25-9-3-7-23-25)17-4-1-5-18-19(17)16(14-22-18)15-24-10-12-27-13-11-24/h1,3-5,7,9,14,22H,2,6,8,10-13,15H2,(H,21,26). The Morgan fingerprint density at radius 2 is 2.15 bits per heavy atom. The molecule has 1 saturated heterocycles. The number of benzene rings is 1. The zero-order valence-electron chi connectivity index (χ0n) is 15.4. The summed E-state index contributed by atoms with van der Waals surface area (Å²) in [5.41, 5.74) is 2.99. The number of H-pyrrole nitrogens is 1. The molecule has 4 rings (SSSR count). The van der Waals surface area contributed by atoms with Crippen LogP contribution < -0.4 is 5.32 Å². The molecule has 7 heteroatoms. The van der Waals surface area contributed by atoms with E-state index in [1.165, 1.54) is 17.1 Å². The van der Waals surface area contributed by atoms with Crippen molar-refractivity contribution in [1.29, 1.82) is 0 Å². The highest BCUT2D eigenvalue weighted by Gasteiger charge is 2.17. The summed E-state index contributed by atoms with van der Waals surface area (Å²) in [7, 11) is 0. The van der Waals surface area contributed by atoms with Crippen molar-refractivity contribution in [3.63, 3.8) is 0 Å². The molecule has 2 aromatic heterocycles. The highest BCUT2D eigenvalue weighted by molar-refractivity contribution is 7.99. The molecule has 3 aromatic rings. The SMILES string of the molecule is O=C(NCCCn1cccn1)c1cccc2[nH]cc(CN3CCSCC3)c12. The summed E-state index contributed by atoms with van der Waals surface area (Å²) >= 11 is 2.01. The highest BCUT2D eigenvalue weighted by Crippen LogP contribution is 2.25. The summed E-state index contributed by atoms with van der Waals surface area (Å²) in [6, 6.07) is 7.82. The van der Waals surface area contributed by atoms with Crippen molar-refractivity contribution in [2.75, 3.05) is 31.1 Å². The van der Waals surface area contributed by atoms with E-state index in [0.717, 1.165) is 49.1 Å². The second-order valence-corrected chi connectivity index (χ2v) is 8.03. The summed E-state index contributed by atoms with van der Waals surface area (Å²) in [5, 5.41) is 8.30. The van der Waals surface area contributed by atoms with Gasteiger partial charge >= 0.3 is 0 Å². The van der Waals surface area contributed by atoms with Crippen molar-refractivity contribution in [3.8, 4) is 0 Å². The Hall–Kier alpha value is -2.25. The molecular weight excluding hydrogens is 358 g/mol. The molecule has 1 fully saturated rings. The lowest BCUT2D eigenvalue weighted by atomic mass is 10.0. The van der Waals surface area contributed by atoms with Crippen molar-refractivity contribution in [1.82, 2.24) is 25.0 Å². The molecule has 6 nitrogen and oxygen atoms in total. The quantitative estimate of drug-likeness (QED) is 0.616. The lowest BCUT2D eigenvalue weighted by Gasteiger charge is -2.26. The summed E-state index contributed by atoms with van der Waals surface area (Å²) in [5.74, 6) is 2.37. The van der Waals surface area contributed by atoms with Crippen molar-refractivity contribution < 1.29 is 4.79 Å². The minimum Gasteiger partial charge on any atom is -0.361 e. The van der Waals surface area contributed by atoms with E-state index in [9.17, 15) is 4.79 Å². The minimum atomic E-state index is -0.00360. The van der Waals surface area contributed by atoms with Gasteiger partial charge in [-0.15, -0.1) is 0 Å². The number of aryl methyl sites for hydroxylation is 1. The number of aromatic amines is 1. The minimum absolute atomic E-state index is 0.00360. The number of rotatable bonds is 7. The number of nitrogens with one attached hydrogen (secondary N) is 2. The van der Waals surface area contributed by atoms with Gasteiger partial charge in [0, 0.05) is 79.3 Å². The van der Waals surface area contributed by atoms with E-state index in [1.807, 2.05) is 46.9 Å². The Balaban J connectivity index is 1.43. The van der Waals surface area contributed by atoms with E-state index in [-0.39, 0.29) is 5.91 Å². The van der Waals surface area contributed by atoms with Gasteiger partial charge in [0.15, 0.2) is 0 Å². The number of carbonyl (C=O) groups excluding carboxylic acids is 1. The first-order valence-electron chi connectivity index (χ1n) is 9.46. The van der Waals surface area contributed by atoms with Gasteiger partial charge in [0.25, 0.3) is 5.91 Å². The largest absolute Gasteiger partial charge is 0.361 e. The Kier molecular flexibility index (Phi) is 5.79. The number of carbonyl (C=O) groups is 1. The van der Waals surface area contributed by atoms with Crippen molar-refractivity contribution in [3.05, 3.63) is 54.0 Å². The van der Waals surface area contributed by atoms with Crippen molar-refractivity contribution in [2.45, 2.75) is 19.5 Å². The normalized spacial score (nSPS) is 15.3. The number of amides is 1. The average Bonchev–Trinajstić information content (AvgIpc) is 3.36. The Labute approximate surface area is 163 Å². The highest BCUT2D eigenvalue weighted by atomic mass is 32.2. The molecule has 0 spiro atoms. The third kappa shape index (κ3) is 4.36. The van der Waals surface area contributed by atoms with Gasteiger partial charge in [0.1, 0.15) is 0 Å². The average molecular weight is 384 g/mol. The maximum atomic E-state index is 12.8. The third-order valence-electron chi connectivity index (χ3n) is 4.94. The van der Waals surface area contributed by atoms with Crippen LogP contribution in [-0.4, -0.2) is 56.7 Å². The van der Waals surface area contributed by atoms with E-state index in [2.05, 4.69) is 26.5 Å². The van der Waals surface area contributed by atoms with E-state index >= 15 is 0 Å². The van der Waals surface area contributed by atoms with Gasteiger partial charge in [-0.1, -0.05) is 6.07 Å². The van der Waals surface area contributed by atoms with Gasteiger partial charge < -0.3 is 10.3 Å². The number of aromatic nitrogens is 3. The lowest BCUT2D eigenvalue weighted by Crippen LogP contribution is -2.32. The smallest absolute Gasteiger partial charge is 0.251 e. The molecule has 1 aliphatic rings. The van der Waals surface area contributed by atoms with Crippen molar-refractivity contribution >= 4 is 28.6 Å². The number of thioether (sulfide) groups is 1. The Bertz CT molecular complexity index is 883. The summed E-state index contributed by atoms with van der Waals surface area (Å²) in [6.07, 6.45) is 6.62. The molecule has 0 unspecified atom stereocenters. The Morgan fingerprint density at radius 1 is 1.26 bits per heavy atom. The molecule has 1 aliphatic heterocycles. The van der Waals surface area contributed by atoms with E-state index in [1.54, 1.807) is 6.20 Å². The number of hydrogen-bond acceptors (Lipinski definition) is 4. The van der Waals surface area contributed by atoms with Crippen LogP contribution in [0.25, 0.3) is 10.9 Å². The molecule has 27 heavy (non-hydrogen) atoms. The van der Waals surface area contributed by atoms with Crippen LogP contribution in [0.5, 0.6) is 0 Å². The second-order valence-electron chi connectivity index (χ2n) is 6.81. The van der Waals surface area contributed by atoms with Crippen LogP contribution in [-0.2, 0) is 13.1 Å². The molecule has 0 radical (unpaired) electrons. The van der Waals surface area contributed by atoms with Crippen LogP contribution in [0, 0.1) is 0 Å². The number of fused-ring (bicyclic) bond motifs is 1. The van der Waals surface area contributed by atoms with Crippen LogP contribution in [0.2, 0.25) is 0 Å². The predicted octanol–water partition coefficient (Wildman–Crippen LogP) is 2.73. The maximum absolute atomic E-state index is 12.8. The summed E-state index contributed by atoms with van der Waals surface area (Å²) in [6.45, 7) is 4.56. The predicted molar refractivity (Wildman–Crippen MR) is 110 cm³/mol. The molecule has 2 N–H and O–H groups in total. The fourth-order valence-electron chi connectivity index (χ4n) is 3.54. The van der Waals surface area contributed by atoms with Crippen molar-refractivity contribution in [2.24, 2.45) is 0 Å².